The Bertz CT molecular complexity index is 1650. The van der Waals surface area contributed by atoms with E-state index < -0.39 is 22.0 Å². The molecule has 2 aromatic heterocycles. The molecule has 4 rings (SSSR count). The van der Waals surface area contributed by atoms with Gasteiger partial charge in [-0.3, -0.25) is 19.2 Å². The third-order valence-electron chi connectivity index (χ3n) is 7.35. The van der Waals surface area contributed by atoms with E-state index in [1.807, 2.05) is 0 Å². The molecule has 0 spiro atoms. The number of aromatic nitrogens is 4. The molecule has 1 unspecified atom stereocenters. The zero-order chi connectivity index (χ0) is 33.3. The highest BCUT2D eigenvalue weighted by atomic mass is 32.2. The number of nitrogens with two attached hydrogens (primary N) is 1. The summed E-state index contributed by atoms with van der Waals surface area (Å²) in [4.78, 5) is 54.1. The van der Waals surface area contributed by atoms with Gasteiger partial charge in [0.15, 0.2) is 0 Å². The number of hydrogen-bond acceptors (Lipinski definition) is 12. The molecule has 1 aliphatic rings. The fraction of sp³-hybridized carbons (Fsp3) is 0.536. The molecular formula is C28H37N7O9S2. The van der Waals surface area contributed by atoms with Gasteiger partial charge in [-0.15, -0.1) is 16.4 Å². The van der Waals surface area contributed by atoms with Crippen molar-refractivity contribution in [2.24, 2.45) is 11.1 Å². The Morgan fingerprint density at radius 3 is 2.63 bits per heavy atom. The topological polar surface area (TPSA) is 226 Å². The van der Waals surface area contributed by atoms with Gasteiger partial charge in [0.1, 0.15) is 24.1 Å². The number of aliphatic carboxylic acids is 1. The van der Waals surface area contributed by atoms with Crippen LogP contribution in [-0.2, 0) is 40.5 Å². The van der Waals surface area contributed by atoms with Gasteiger partial charge in [0.2, 0.25) is 16.2 Å². The van der Waals surface area contributed by atoms with Crippen molar-refractivity contribution in [3.05, 3.63) is 30.1 Å². The molecule has 4 N–H and O–H groups in total. The Hall–Kier alpha value is -4.16. The van der Waals surface area contributed by atoms with Gasteiger partial charge in [0, 0.05) is 26.1 Å². The molecule has 18 heteroatoms. The largest absolute Gasteiger partial charge is 0.487 e. The molecule has 1 atom stereocenters. The van der Waals surface area contributed by atoms with Crippen molar-refractivity contribution in [1.82, 2.24) is 30.2 Å². The van der Waals surface area contributed by atoms with Crippen LogP contribution in [0, 0.1) is 5.92 Å². The first-order valence-corrected chi connectivity index (χ1v) is 17.2. The smallest absolute Gasteiger partial charge is 0.309 e. The van der Waals surface area contributed by atoms with E-state index in [1.54, 1.807) is 36.2 Å². The maximum atomic E-state index is 13.7. The third kappa shape index (κ3) is 9.67. The highest BCUT2D eigenvalue weighted by molar-refractivity contribution is 7.91. The van der Waals surface area contributed by atoms with Crippen molar-refractivity contribution < 1.29 is 42.2 Å². The predicted molar refractivity (Wildman–Crippen MR) is 164 cm³/mol. The van der Waals surface area contributed by atoms with Crippen LogP contribution in [0.5, 0.6) is 5.75 Å². The molecule has 3 aromatic rings. The first-order chi connectivity index (χ1) is 21.9. The summed E-state index contributed by atoms with van der Waals surface area (Å²) in [6.07, 6.45) is 3.81. The quantitative estimate of drug-likeness (QED) is 0.145. The van der Waals surface area contributed by atoms with Gasteiger partial charge in [0.05, 0.1) is 35.4 Å². The highest BCUT2D eigenvalue weighted by Crippen LogP contribution is 2.29. The Morgan fingerprint density at radius 1 is 1.17 bits per heavy atom. The van der Waals surface area contributed by atoms with Crippen molar-refractivity contribution >= 4 is 55.3 Å². The summed E-state index contributed by atoms with van der Waals surface area (Å²) >= 11 is 0.934. The van der Waals surface area contributed by atoms with E-state index in [0.717, 1.165) is 11.3 Å². The van der Waals surface area contributed by atoms with Gasteiger partial charge in [-0.2, -0.15) is 0 Å². The fourth-order valence-corrected chi connectivity index (χ4v) is 6.64. The SMILES string of the molecule is CCOC(=O)C1CCN(C(=O)C(CCCCNC(=O)CCC(=O)O)n2cc(COc3ccc4nc(S(N)(=O)=O)sc4c3)nn2)CC1. The Balaban J connectivity index is 1.39. The standard InChI is InChI=1S/C28H37N7O9S2/c1-2-43-27(40)18-10-13-34(14-11-18)26(39)22(5-3-4-12-30-24(36)8-9-25(37)38)35-16-19(32-33-35)17-44-20-6-7-21-23(15-20)45-28(31-21)46(29,41)42/h6-7,15-16,18,22H,2-5,8-14,17H2,1H3,(H,30,36)(H,37,38)(H2,29,41,42). The number of nitrogens with one attached hydrogen (secondary N) is 1. The van der Waals surface area contributed by atoms with Gasteiger partial charge < -0.3 is 24.8 Å². The lowest BCUT2D eigenvalue weighted by atomic mass is 9.96. The summed E-state index contributed by atoms with van der Waals surface area (Å²) in [5.41, 5.74) is 0.930. The number of carboxylic acids is 1. The number of hydrogen-bond donors (Lipinski definition) is 3. The van der Waals surface area contributed by atoms with Crippen molar-refractivity contribution in [2.45, 2.75) is 68.9 Å². The van der Waals surface area contributed by atoms with Crippen molar-refractivity contribution in [3.8, 4) is 5.75 Å². The number of benzene rings is 1. The number of carbonyl (C=O) groups excluding carboxylic acids is 3. The van der Waals surface area contributed by atoms with Crippen LogP contribution >= 0.6 is 11.3 Å². The molecule has 1 aromatic carbocycles. The molecule has 0 radical (unpaired) electrons. The molecule has 0 bridgehead atoms. The molecule has 0 aliphatic carbocycles. The highest BCUT2D eigenvalue weighted by Gasteiger charge is 2.32. The number of piperidine rings is 1. The molecule has 1 saturated heterocycles. The lowest BCUT2D eigenvalue weighted by Crippen LogP contribution is -2.44. The van der Waals surface area contributed by atoms with Gasteiger partial charge in [-0.05, 0) is 57.2 Å². The molecule has 46 heavy (non-hydrogen) atoms. The number of thiazole rings is 1. The molecule has 0 saturated carbocycles. The number of carboxylic acid groups (broad SMARTS) is 1. The summed E-state index contributed by atoms with van der Waals surface area (Å²) < 4.78 is 36.2. The monoisotopic (exact) mass is 679 g/mol. The van der Waals surface area contributed by atoms with Crippen molar-refractivity contribution in [2.75, 3.05) is 26.2 Å². The summed E-state index contributed by atoms with van der Waals surface area (Å²) in [5, 5.41) is 25.0. The van der Waals surface area contributed by atoms with E-state index in [9.17, 15) is 27.6 Å². The number of primary sulfonamides is 1. The third-order valence-corrected chi connectivity index (χ3v) is 9.69. The minimum atomic E-state index is -3.93. The minimum Gasteiger partial charge on any atom is -0.487 e. The van der Waals surface area contributed by atoms with Crippen LogP contribution in [-0.4, -0.2) is 88.4 Å². The maximum absolute atomic E-state index is 13.7. The van der Waals surface area contributed by atoms with Gasteiger partial charge in [-0.1, -0.05) is 5.21 Å². The number of amides is 2. The molecule has 1 aliphatic heterocycles. The molecule has 250 valence electrons. The van der Waals surface area contributed by atoms with Gasteiger partial charge >= 0.3 is 11.9 Å². The maximum Gasteiger partial charge on any atom is 0.309 e. The summed E-state index contributed by atoms with van der Waals surface area (Å²) in [6.45, 7) is 3.22. The second-order valence-corrected chi connectivity index (χ2v) is 13.5. The lowest BCUT2D eigenvalue weighted by Gasteiger charge is -2.33. The summed E-state index contributed by atoms with van der Waals surface area (Å²) in [7, 11) is -3.93. The predicted octanol–water partition coefficient (Wildman–Crippen LogP) is 1.61. The number of unbranched alkanes of at least 4 members (excludes halogenated alkanes) is 1. The number of esters is 1. The fourth-order valence-electron chi connectivity index (χ4n) is 4.96. The van der Waals surface area contributed by atoms with E-state index in [-0.39, 0.29) is 47.5 Å². The van der Waals surface area contributed by atoms with Crippen LogP contribution in [0.3, 0.4) is 0 Å². The number of fused-ring (bicyclic) bond motifs is 1. The number of ether oxygens (including phenoxy) is 2. The first kappa shape index (κ1) is 34.7. The lowest BCUT2D eigenvalue weighted by molar-refractivity contribution is -0.151. The number of carbonyl (C=O) groups is 4. The van der Waals surface area contributed by atoms with Crippen LogP contribution in [0.15, 0.2) is 28.7 Å². The van der Waals surface area contributed by atoms with Crippen LogP contribution in [0.4, 0.5) is 0 Å². The van der Waals surface area contributed by atoms with E-state index >= 15 is 0 Å². The number of likely N-dealkylation sites (tertiary alicyclic amines) is 1. The molecule has 16 nitrogen and oxygen atoms in total. The normalized spacial score (nSPS) is 14.6. The first-order valence-electron chi connectivity index (χ1n) is 14.9. The summed E-state index contributed by atoms with van der Waals surface area (Å²) in [6, 6.07) is 4.24. The van der Waals surface area contributed by atoms with Gasteiger partial charge in [0.25, 0.3) is 10.0 Å². The molecule has 1 fully saturated rings. The Labute approximate surface area is 269 Å². The van der Waals surface area contributed by atoms with E-state index in [4.69, 9.17) is 19.7 Å². The van der Waals surface area contributed by atoms with Crippen LogP contribution < -0.4 is 15.2 Å². The van der Waals surface area contributed by atoms with Crippen LogP contribution in [0.2, 0.25) is 0 Å². The average Bonchev–Trinajstić information content (AvgIpc) is 3.68. The average molecular weight is 680 g/mol. The molecule has 3 heterocycles. The second kappa shape index (κ2) is 15.9. The van der Waals surface area contributed by atoms with Crippen LogP contribution in [0.1, 0.15) is 63.6 Å². The Morgan fingerprint density at radius 2 is 1.93 bits per heavy atom. The molecule has 2 amide bonds. The Kier molecular flexibility index (Phi) is 12.0. The van der Waals surface area contributed by atoms with E-state index in [0.29, 0.717) is 80.0 Å². The minimum absolute atomic E-state index is 0.0283. The van der Waals surface area contributed by atoms with Crippen LogP contribution in [0.25, 0.3) is 10.2 Å². The zero-order valence-electron chi connectivity index (χ0n) is 25.3. The molecular weight excluding hydrogens is 642 g/mol. The number of nitrogens with zero attached hydrogens (tertiary/aromatic N) is 5. The number of sulfonamides is 1. The number of rotatable bonds is 16. The summed E-state index contributed by atoms with van der Waals surface area (Å²) in [5.74, 6) is -1.60. The van der Waals surface area contributed by atoms with Crippen molar-refractivity contribution in [3.63, 3.8) is 0 Å². The van der Waals surface area contributed by atoms with E-state index in [1.165, 1.54) is 4.68 Å². The van der Waals surface area contributed by atoms with E-state index in [2.05, 4.69) is 20.6 Å². The second-order valence-electron chi connectivity index (χ2n) is 10.7. The zero-order valence-corrected chi connectivity index (χ0v) is 26.9. The van der Waals surface area contributed by atoms with Crippen molar-refractivity contribution in [1.29, 1.82) is 0 Å². The van der Waals surface area contributed by atoms with Gasteiger partial charge in [-0.25, -0.2) is 23.2 Å².